The maximum absolute atomic E-state index is 13.3. The van der Waals surface area contributed by atoms with Gasteiger partial charge in [-0.3, -0.25) is 9.78 Å². The minimum absolute atomic E-state index is 0.0236. The zero-order valence-electron chi connectivity index (χ0n) is 8.95. The summed E-state index contributed by atoms with van der Waals surface area (Å²) in [6.45, 7) is 0. The highest BCUT2D eigenvalue weighted by molar-refractivity contribution is 9.10. The van der Waals surface area contributed by atoms with E-state index in [1.807, 2.05) is 0 Å². The van der Waals surface area contributed by atoms with Crippen LogP contribution in [0.4, 0.5) is 14.5 Å². The summed E-state index contributed by atoms with van der Waals surface area (Å²) in [5.41, 5.74) is 0.245. The number of amides is 1. The monoisotopic (exact) mass is 312 g/mol. The molecule has 1 aromatic carbocycles. The van der Waals surface area contributed by atoms with Gasteiger partial charge in [-0.25, -0.2) is 8.78 Å². The van der Waals surface area contributed by atoms with Crippen molar-refractivity contribution in [2.45, 2.75) is 0 Å². The average molecular weight is 313 g/mol. The zero-order valence-corrected chi connectivity index (χ0v) is 10.5. The van der Waals surface area contributed by atoms with E-state index in [-0.39, 0.29) is 15.7 Å². The number of benzene rings is 1. The van der Waals surface area contributed by atoms with Gasteiger partial charge >= 0.3 is 0 Å². The van der Waals surface area contributed by atoms with Gasteiger partial charge in [-0.1, -0.05) is 0 Å². The molecule has 1 N–H and O–H groups in total. The molecule has 0 aliphatic rings. The summed E-state index contributed by atoms with van der Waals surface area (Å²) in [6.07, 6.45) is 2.36. The molecule has 2 aromatic rings. The van der Waals surface area contributed by atoms with Crippen molar-refractivity contribution in [1.29, 1.82) is 0 Å². The Balaban J connectivity index is 2.22. The number of carbonyl (C=O) groups is 1. The lowest BCUT2D eigenvalue weighted by Gasteiger charge is -2.06. The Labute approximate surface area is 110 Å². The first-order valence-corrected chi connectivity index (χ1v) is 5.73. The van der Waals surface area contributed by atoms with E-state index in [9.17, 15) is 13.6 Å². The van der Waals surface area contributed by atoms with Crippen LogP contribution in [0.15, 0.2) is 41.1 Å². The van der Waals surface area contributed by atoms with Gasteiger partial charge in [-0.15, -0.1) is 0 Å². The van der Waals surface area contributed by atoms with Crippen LogP contribution in [-0.4, -0.2) is 10.9 Å². The van der Waals surface area contributed by atoms with Gasteiger partial charge < -0.3 is 5.32 Å². The molecule has 0 spiro atoms. The highest BCUT2D eigenvalue weighted by atomic mass is 79.9. The van der Waals surface area contributed by atoms with Crippen LogP contribution in [0.1, 0.15) is 10.4 Å². The summed E-state index contributed by atoms with van der Waals surface area (Å²) in [7, 11) is 0. The highest BCUT2D eigenvalue weighted by Crippen LogP contribution is 2.18. The lowest BCUT2D eigenvalue weighted by Crippen LogP contribution is -2.13. The van der Waals surface area contributed by atoms with E-state index in [4.69, 9.17) is 0 Å². The van der Waals surface area contributed by atoms with Crippen molar-refractivity contribution < 1.29 is 13.6 Å². The second-order valence-corrected chi connectivity index (χ2v) is 4.29. The second-order valence-electron chi connectivity index (χ2n) is 3.44. The lowest BCUT2D eigenvalue weighted by atomic mass is 10.2. The van der Waals surface area contributed by atoms with E-state index in [1.54, 1.807) is 0 Å². The minimum atomic E-state index is -0.632. The molecule has 92 valence electrons. The molecule has 0 saturated heterocycles. The third-order valence-electron chi connectivity index (χ3n) is 2.20. The molecular formula is C12H7BrF2N2O. The standard InChI is InChI=1S/C12H7BrF2N2O/c13-8-5-7(1-2-9(8)14)12(18)17-11-3-4-16-6-10(11)15/h1-6H,(H,16,17,18). The summed E-state index contributed by atoms with van der Waals surface area (Å²) in [4.78, 5) is 15.4. The maximum atomic E-state index is 13.3. The molecule has 6 heteroatoms. The smallest absolute Gasteiger partial charge is 0.255 e. The van der Waals surface area contributed by atoms with Crippen LogP contribution >= 0.6 is 15.9 Å². The molecule has 0 aliphatic heterocycles. The normalized spacial score (nSPS) is 10.2. The Morgan fingerprint density at radius 1 is 1.22 bits per heavy atom. The summed E-state index contributed by atoms with van der Waals surface area (Å²) < 4.78 is 26.4. The van der Waals surface area contributed by atoms with E-state index in [2.05, 4.69) is 26.2 Å². The molecule has 0 radical (unpaired) electrons. The molecule has 0 saturated carbocycles. The van der Waals surface area contributed by atoms with Crippen LogP contribution in [-0.2, 0) is 0 Å². The summed E-state index contributed by atoms with van der Waals surface area (Å²) >= 11 is 2.98. The number of hydrogen-bond donors (Lipinski definition) is 1. The van der Waals surface area contributed by atoms with E-state index < -0.39 is 17.5 Å². The molecule has 2 rings (SSSR count). The number of hydrogen-bond acceptors (Lipinski definition) is 2. The highest BCUT2D eigenvalue weighted by Gasteiger charge is 2.10. The fourth-order valence-electron chi connectivity index (χ4n) is 1.31. The fraction of sp³-hybridized carbons (Fsp3) is 0. The van der Waals surface area contributed by atoms with Gasteiger partial charge in [-0.2, -0.15) is 0 Å². The Kier molecular flexibility index (Phi) is 3.66. The van der Waals surface area contributed by atoms with Crippen LogP contribution in [0.25, 0.3) is 0 Å². The van der Waals surface area contributed by atoms with E-state index >= 15 is 0 Å². The number of nitrogens with zero attached hydrogens (tertiary/aromatic N) is 1. The molecule has 1 aromatic heterocycles. The summed E-state index contributed by atoms with van der Waals surface area (Å²) in [5.74, 6) is -1.63. The van der Waals surface area contributed by atoms with Crippen LogP contribution in [0, 0.1) is 11.6 Å². The molecule has 18 heavy (non-hydrogen) atoms. The number of pyridine rings is 1. The molecule has 1 heterocycles. The molecule has 0 atom stereocenters. The van der Waals surface area contributed by atoms with Gasteiger partial charge in [0.1, 0.15) is 5.82 Å². The third-order valence-corrected chi connectivity index (χ3v) is 2.81. The first-order valence-electron chi connectivity index (χ1n) is 4.94. The number of halogens is 3. The lowest BCUT2D eigenvalue weighted by molar-refractivity contribution is 0.102. The topological polar surface area (TPSA) is 42.0 Å². The van der Waals surface area contributed by atoms with Crippen molar-refractivity contribution in [2.24, 2.45) is 0 Å². The van der Waals surface area contributed by atoms with Crippen molar-refractivity contribution in [2.75, 3.05) is 5.32 Å². The number of nitrogens with one attached hydrogen (secondary N) is 1. The van der Waals surface area contributed by atoms with E-state index in [0.29, 0.717) is 0 Å². The van der Waals surface area contributed by atoms with Crippen LogP contribution < -0.4 is 5.32 Å². The Bertz CT molecular complexity index is 604. The molecule has 0 unspecified atom stereocenters. The summed E-state index contributed by atoms with van der Waals surface area (Å²) in [5, 5.41) is 2.38. The van der Waals surface area contributed by atoms with Gasteiger partial charge in [0, 0.05) is 11.8 Å². The van der Waals surface area contributed by atoms with Gasteiger partial charge in [0.05, 0.1) is 16.4 Å². The SMILES string of the molecule is O=C(Nc1ccncc1F)c1ccc(F)c(Br)c1. The molecule has 0 aliphatic carbocycles. The third kappa shape index (κ3) is 2.70. The van der Waals surface area contributed by atoms with Crippen LogP contribution in [0.3, 0.4) is 0 Å². The van der Waals surface area contributed by atoms with E-state index in [1.165, 1.54) is 24.4 Å². The van der Waals surface area contributed by atoms with Crippen molar-refractivity contribution in [3.63, 3.8) is 0 Å². The number of anilines is 1. The van der Waals surface area contributed by atoms with Gasteiger partial charge in [0.25, 0.3) is 5.91 Å². The molecule has 0 bridgehead atoms. The number of carbonyl (C=O) groups excluding carboxylic acids is 1. The van der Waals surface area contributed by atoms with Gasteiger partial charge in [-0.05, 0) is 40.2 Å². The van der Waals surface area contributed by atoms with Crippen LogP contribution in [0.2, 0.25) is 0 Å². The van der Waals surface area contributed by atoms with Crippen molar-refractivity contribution in [3.05, 3.63) is 58.3 Å². The van der Waals surface area contributed by atoms with Gasteiger partial charge in [0.15, 0.2) is 5.82 Å². The van der Waals surface area contributed by atoms with Crippen molar-refractivity contribution in [1.82, 2.24) is 4.98 Å². The van der Waals surface area contributed by atoms with Crippen LogP contribution in [0.5, 0.6) is 0 Å². The number of aromatic nitrogens is 1. The molecule has 1 amide bonds. The Morgan fingerprint density at radius 3 is 2.67 bits per heavy atom. The first kappa shape index (κ1) is 12.6. The van der Waals surface area contributed by atoms with E-state index in [0.717, 1.165) is 12.3 Å². The largest absolute Gasteiger partial charge is 0.319 e. The maximum Gasteiger partial charge on any atom is 0.255 e. The Morgan fingerprint density at radius 2 is 2.00 bits per heavy atom. The first-order chi connectivity index (χ1) is 8.58. The number of rotatable bonds is 2. The molecule has 0 fully saturated rings. The molecule has 3 nitrogen and oxygen atoms in total. The fourth-order valence-corrected chi connectivity index (χ4v) is 1.69. The predicted octanol–water partition coefficient (Wildman–Crippen LogP) is 3.37. The zero-order chi connectivity index (χ0) is 13.1. The van der Waals surface area contributed by atoms with Crippen molar-refractivity contribution in [3.8, 4) is 0 Å². The second kappa shape index (κ2) is 5.22. The average Bonchev–Trinajstić information content (AvgIpc) is 2.35. The van der Waals surface area contributed by atoms with Gasteiger partial charge in [0.2, 0.25) is 0 Å². The van der Waals surface area contributed by atoms with Crippen molar-refractivity contribution >= 4 is 27.5 Å². The molecular weight excluding hydrogens is 306 g/mol. The minimum Gasteiger partial charge on any atom is -0.319 e. The quantitative estimate of drug-likeness (QED) is 0.923. The predicted molar refractivity (Wildman–Crippen MR) is 66.2 cm³/mol. The Hall–Kier alpha value is -1.82. The summed E-state index contributed by atoms with van der Waals surface area (Å²) in [6, 6.07) is 5.13.